The molecule has 0 saturated carbocycles. The first-order chi connectivity index (χ1) is 15.6. The van der Waals surface area contributed by atoms with E-state index in [-0.39, 0.29) is 5.91 Å². The van der Waals surface area contributed by atoms with Gasteiger partial charge in [0.15, 0.2) is 5.69 Å². The number of hydrogen-bond acceptors (Lipinski definition) is 5. The number of aromatic nitrogens is 3. The molecule has 2 heterocycles. The van der Waals surface area contributed by atoms with Crippen LogP contribution in [-0.4, -0.2) is 38.7 Å². The number of rotatable bonds is 6. The SMILES string of the molecule is CN(Cc1ccccc1)C(=O)c1nn(C)c2c1CC(NCc1nc3ccccc3s1)CC2. The molecule has 1 amide bonds. The summed E-state index contributed by atoms with van der Waals surface area (Å²) in [7, 11) is 3.80. The molecule has 5 rings (SSSR count). The number of thiazole rings is 1. The summed E-state index contributed by atoms with van der Waals surface area (Å²) in [6.45, 7) is 1.32. The number of nitrogens with one attached hydrogen (secondary N) is 1. The highest BCUT2D eigenvalue weighted by molar-refractivity contribution is 7.18. The Morgan fingerprint density at radius 2 is 1.97 bits per heavy atom. The van der Waals surface area contributed by atoms with Crippen LogP contribution >= 0.6 is 11.3 Å². The Hall–Kier alpha value is -3.03. The van der Waals surface area contributed by atoms with Crippen LogP contribution in [0.2, 0.25) is 0 Å². The van der Waals surface area contributed by atoms with Gasteiger partial charge in [0.25, 0.3) is 5.91 Å². The molecule has 1 aliphatic carbocycles. The molecule has 0 fully saturated rings. The third kappa shape index (κ3) is 4.18. The summed E-state index contributed by atoms with van der Waals surface area (Å²) in [5, 5.41) is 9.39. The van der Waals surface area contributed by atoms with Gasteiger partial charge in [-0.25, -0.2) is 4.98 Å². The Morgan fingerprint density at radius 1 is 1.19 bits per heavy atom. The fourth-order valence-corrected chi connectivity index (χ4v) is 5.39. The lowest BCUT2D eigenvalue weighted by atomic mass is 9.91. The van der Waals surface area contributed by atoms with E-state index in [1.54, 1.807) is 16.2 Å². The molecule has 2 aromatic carbocycles. The molecule has 1 atom stereocenters. The van der Waals surface area contributed by atoms with E-state index in [0.29, 0.717) is 18.3 Å². The second kappa shape index (κ2) is 8.84. The molecule has 32 heavy (non-hydrogen) atoms. The average Bonchev–Trinajstić information content (AvgIpc) is 3.38. The molecule has 0 bridgehead atoms. The molecular formula is C25H27N5OS. The summed E-state index contributed by atoms with van der Waals surface area (Å²) < 4.78 is 3.11. The Kier molecular flexibility index (Phi) is 5.76. The van der Waals surface area contributed by atoms with Crippen LogP contribution in [0, 0.1) is 0 Å². The highest BCUT2D eigenvalue weighted by atomic mass is 32.1. The van der Waals surface area contributed by atoms with Gasteiger partial charge in [0.05, 0.1) is 10.2 Å². The zero-order valence-corrected chi connectivity index (χ0v) is 19.2. The van der Waals surface area contributed by atoms with Crippen molar-refractivity contribution in [3.63, 3.8) is 0 Å². The van der Waals surface area contributed by atoms with Gasteiger partial charge in [-0.05, 0) is 37.0 Å². The minimum Gasteiger partial charge on any atom is -0.336 e. The van der Waals surface area contributed by atoms with E-state index >= 15 is 0 Å². The number of nitrogens with zero attached hydrogens (tertiary/aromatic N) is 4. The van der Waals surface area contributed by atoms with Crippen molar-refractivity contribution in [3.05, 3.63) is 82.1 Å². The molecule has 164 valence electrons. The number of carbonyl (C=O) groups excluding carboxylic acids is 1. The number of benzene rings is 2. The minimum atomic E-state index is -0.0162. The van der Waals surface area contributed by atoms with Gasteiger partial charge in [0.1, 0.15) is 5.01 Å². The molecule has 2 aromatic heterocycles. The van der Waals surface area contributed by atoms with Crippen LogP contribution in [0.3, 0.4) is 0 Å². The van der Waals surface area contributed by atoms with Gasteiger partial charge in [-0.15, -0.1) is 11.3 Å². The van der Waals surface area contributed by atoms with E-state index < -0.39 is 0 Å². The summed E-state index contributed by atoms with van der Waals surface area (Å²) in [6.07, 6.45) is 2.77. The maximum absolute atomic E-state index is 13.2. The van der Waals surface area contributed by atoms with Crippen molar-refractivity contribution < 1.29 is 4.79 Å². The van der Waals surface area contributed by atoms with Crippen LogP contribution in [0.5, 0.6) is 0 Å². The Labute approximate surface area is 191 Å². The molecule has 7 heteroatoms. The Balaban J connectivity index is 1.28. The van der Waals surface area contributed by atoms with Gasteiger partial charge in [0.2, 0.25) is 0 Å². The van der Waals surface area contributed by atoms with Gasteiger partial charge in [-0.3, -0.25) is 9.48 Å². The fraction of sp³-hybridized carbons (Fsp3) is 0.320. The summed E-state index contributed by atoms with van der Waals surface area (Å²) in [6, 6.07) is 18.6. The molecule has 0 saturated heterocycles. The van der Waals surface area contributed by atoms with Crippen molar-refractivity contribution in [2.75, 3.05) is 7.05 Å². The molecule has 1 N–H and O–H groups in total. The number of carbonyl (C=O) groups is 1. The first-order valence-electron chi connectivity index (χ1n) is 11.0. The highest BCUT2D eigenvalue weighted by Crippen LogP contribution is 2.27. The molecule has 1 unspecified atom stereocenters. The second-order valence-corrected chi connectivity index (χ2v) is 9.56. The number of amides is 1. The zero-order valence-electron chi connectivity index (χ0n) is 18.4. The van der Waals surface area contributed by atoms with Gasteiger partial charge >= 0.3 is 0 Å². The lowest BCUT2D eigenvalue weighted by Gasteiger charge is -2.24. The monoisotopic (exact) mass is 445 g/mol. The smallest absolute Gasteiger partial charge is 0.274 e. The maximum atomic E-state index is 13.2. The van der Waals surface area contributed by atoms with Crippen LogP contribution in [0.4, 0.5) is 0 Å². The van der Waals surface area contributed by atoms with Gasteiger partial charge < -0.3 is 10.2 Å². The molecular weight excluding hydrogens is 418 g/mol. The molecule has 6 nitrogen and oxygen atoms in total. The zero-order chi connectivity index (χ0) is 22.1. The molecule has 0 radical (unpaired) electrons. The van der Waals surface area contributed by atoms with Crippen LogP contribution in [0.25, 0.3) is 10.2 Å². The summed E-state index contributed by atoms with van der Waals surface area (Å²) in [5.74, 6) is -0.0162. The first kappa shape index (κ1) is 20.8. The normalized spacial score (nSPS) is 15.6. The van der Waals surface area contributed by atoms with Gasteiger partial charge in [-0.1, -0.05) is 42.5 Å². The molecule has 0 aliphatic heterocycles. The molecule has 1 aliphatic rings. The number of hydrogen-bond donors (Lipinski definition) is 1. The van der Waals surface area contributed by atoms with Crippen molar-refractivity contribution in [1.29, 1.82) is 0 Å². The van der Waals surface area contributed by atoms with E-state index in [1.165, 1.54) is 10.4 Å². The predicted octanol–water partition coefficient (Wildman–Crippen LogP) is 3.95. The van der Waals surface area contributed by atoms with E-state index in [9.17, 15) is 4.79 Å². The largest absolute Gasteiger partial charge is 0.336 e. The van der Waals surface area contributed by atoms with E-state index in [1.807, 2.05) is 55.2 Å². The van der Waals surface area contributed by atoms with Crippen molar-refractivity contribution >= 4 is 27.5 Å². The summed E-state index contributed by atoms with van der Waals surface area (Å²) in [5.41, 5.74) is 5.03. The third-order valence-corrected chi connectivity index (χ3v) is 7.18. The molecule has 4 aromatic rings. The second-order valence-electron chi connectivity index (χ2n) is 8.44. The van der Waals surface area contributed by atoms with Crippen molar-refractivity contribution in [1.82, 2.24) is 25.0 Å². The summed E-state index contributed by atoms with van der Waals surface area (Å²) in [4.78, 5) is 19.7. The van der Waals surface area contributed by atoms with Crippen LogP contribution in [0.1, 0.15) is 38.7 Å². The summed E-state index contributed by atoms with van der Waals surface area (Å²) >= 11 is 1.74. The quantitative estimate of drug-likeness (QED) is 0.488. The van der Waals surface area contributed by atoms with Crippen molar-refractivity contribution in [2.45, 2.75) is 38.4 Å². The van der Waals surface area contributed by atoms with E-state index in [2.05, 4.69) is 28.6 Å². The standard InChI is InChI=1S/C25H27N5OS/c1-29(16-17-8-4-3-5-9-17)25(31)24-19-14-18(12-13-21(19)30(2)28-24)26-15-23-27-20-10-6-7-11-22(20)32-23/h3-11,18,26H,12-16H2,1-2H3. The molecule has 0 spiro atoms. The van der Waals surface area contributed by atoms with Gasteiger partial charge in [-0.2, -0.15) is 5.10 Å². The predicted molar refractivity (Wildman–Crippen MR) is 128 cm³/mol. The van der Waals surface area contributed by atoms with Crippen LogP contribution < -0.4 is 5.32 Å². The lowest BCUT2D eigenvalue weighted by molar-refractivity contribution is 0.0777. The highest BCUT2D eigenvalue weighted by Gasteiger charge is 2.29. The van der Waals surface area contributed by atoms with Crippen molar-refractivity contribution in [2.24, 2.45) is 7.05 Å². The third-order valence-electron chi connectivity index (χ3n) is 6.15. The number of para-hydroxylation sites is 1. The van der Waals surface area contributed by atoms with E-state index in [4.69, 9.17) is 4.98 Å². The Morgan fingerprint density at radius 3 is 2.78 bits per heavy atom. The Bertz CT molecular complexity index is 1210. The van der Waals surface area contributed by atoms with Crippen LogP contribution in [-0.2, 0) is 33.0 Å². The van der Waals surface area contributed by atoms with Crippen LogP contribution in [0.15, 0.2) is 54.6 Å². The first-order valence-corrected chi connectivity index (χ1v) is 11.8. The lowest BCUT2D eigenvalue weighted by Crippen LogP contribution is -2.35. The average molecular weight is 446 g/mol. The maximum Gasteiger partial charge on any atom is 0.274 e. The number of fused-ring (bicyclic) bond motifs is 2. The van der Waals surface area contributed by atoms with Gasteiger partial charge in [0, 0.05) is 44.5 Å². The fourth-order valence-electron chi connectivity index (χ4n) is 4.47. The number of aryl methyl sites for hydroxylation is 1. The van der Waals surface area contributed by atoms with Crippen molar-refractivity contribution in [3.8, 4) is 0 Å². The minimum absolute atomic E-state index is 0.0162. The topological polar surface area (TPSA) is 63.1 Å². The van der Waals surface area contributed by atoms with E-state index in [0.717, 1.165) is 47.5 Å².